The summed E-state index contributed by atoms with van der Waals surface area (Å²) in [6, 6.07) is 13.0. The number of hydrogen-bond acceptors (Lipinski definition) is 4. The average molecular weight is 357 g/mol. The van der Waals surface area contributed by atoms with Gasteiger partial charge in [0, 0.05) is 5.56 Å². The molecule has 0 aromatic heterocycles. The van der Waals surface area contributed by atoms with Crippen molar-refractivity contribution in [1.82, 2.24) is 0 Å². The van der Waals surface area contributed by atoms with Crippen molar-refractivity contribution in [3.8, 4) is 23.6 Å². The van der Waals surface area contributed by atoms with E-state index in [1.807, 2.05) is 6.92 Å². The topological polar surface area (TPSA) is 66.0 Å². The minimum absolute atomic E-state index is 0.0192. The summed E-state index contributed by atoms with van der Waals surface area (Å²) < 4.78 is 25.0. The van der Waals surface area contributed by atoms with Crippen molar-refractivity contribution < 1.29 is 13.9 Å². The third kappa shape index (κ3) is 4.73. The molecule has 0 saturated carbocycles. The predicted molar refractivity (Wildman–Crippen MR) is 92.6 cm³/mol. The maximum Gasteiger partial charge on any atom is 0.161 e. The van der Waals surface area contributed by atoms with E-state index in [9.17, 15) is 4.39 Å². The molecule has 2 aromatic rings. The van der Waals surface area contributed by atoms with E-state index < -0.39 is 5.82 Å². The fourth-order valence-corrected chi connectivity index (χ4v) is 2.30. The van der Waals surface area contributed by atoms with Crippen molar-refractivity contribution in [2.45, 2.75) is 13.5 Å². The monoisotopic (exact) mass is 356 g/mol. The minimum atomic E-state index is -0.447. The number of rotatable bonds is 6. The van der Waals surface area contributed by atoms with Crippen LogP contribution in [0.5, 0.6) is 11.5 Å². The molecule has 0 aliphatic carbocycles. The van der Waals surface area contributed by atoms with Gasteiger partial charge in [-0.3, -0.25) is 0 Å². The van der Waals surface area contributed by atoms with Crippen LogP contribution in [0.15, 0.2) is 42.0 Å². The first-order chi connectivity index (χ1) is 12.1. The Morgan fingerprint density at radius 1 is 1.16 bits per heavy atom. The number of nitriles is 2. The van der Waals surface area contributed by atoms with Crippen molar-refractivity contribution in [2.75, 3.05) is 6.61 Å². The number of halogens is 2. The molecule has 4 nitrogen and oxygen atoms in total. The van der Waals surface area contributed by atoms with E-state index >= 15 is 0 Å². The highest BCUT2D eigenvalue weighted by atomic mass is 35.5. The van der Waals surface area contributed by atoms with Gasteiger partial charge >= 0.3 is 0 Å². The number of nitrogens with zero attached hydrogens (tertiary/aromatic N) is 2. The second kappa shape index (κ2) is 8.73. The molecule has 0 bridgehead atoms. The van der Waals surface area contributed by atoms with E-state index in [-0.39, 0.29) is 22.8 Å². The highest BCUT2D eigenvalue weighted by Gasteiger charge is 2.11. The van der Waals surface area contributed by atoms with Crippen LogP contribution >= 0.6 is 11.6 Å². The molecule has 0 radical (unpaired) electrons. The molecule has 0 aliphatic heterocycles. The molecule has 25 heavy (non-hydrogen) atoms. The molecule has 0 spiro atoms. The lowest BCUT2D eigenvalue weighted by molar-refractivity contribution is 0.266. The normalized spacial score (nSPS) is 9.64. The Hall–Kier alpha value is -3.02. The van der Waals surface area contributed by atoms with E-state index in [1.165, 1.54) is 18.2 Å². The lowest BCUT2D eigenvalue weighted by Crippen LogP contribution is -2.02. The van der Waals surface area contributed by atoms with E-state index in [2.05, 4.69) is 0 Å². The van der Waals surface area contributed by atoms with Crippen LogP contribution < -0.4 is 9.47 Å². The van der Waals surface area contributed by atoms with Gasteiger partial charge in [0.2, 0.25) is 0 Å². The number of benzene rings is 2. The second-order valence-electron chi connectivity index (χ2n) is 4.91. The number of hydrogen-bond donors (Lipinski definition) is 0. The lowest BCUT2D eigenvalue weighted by atomic mass is 10.1. The molecule has 0 heterocycles. The zero-order chi connectivity index (χ0) is 18.2. The van der Waals surface area contributed by atoms with Crippen LogP contribution in [-0.2, 0) is 6.61 Å². The summed E-state index contributed by atoms with van der Waals surface area (Å²) in [5, 5.41) is 17.9. The Kier molecular flexibility index (Phi) is 6.39. The summed E-state index contributed by atoms with van der Waals surface area (Å²) in [5.41, 5.74) is 0.860. The summed E-state index contributed by atoms with van der Waals surface area (Å²) in [6.07, 6.45) is 1.44. The summed E-state index contributed by atoms with van der Waals surface area (Å²) in [4.78, 5) is 0. The zero-order valence-corrected chi connectivity index (χ0v) is 14.2. The zero-order valence-electron chi connectivity index (χ0n) is 13.4. The summed E-state index contributed by atoms with van der Waals surface area (Å²) in [5.74, 6) is 0.394. The molecule has 0 fully saturated rings. The van der Waals surface area contributed by atoms with Gasteiger partial charge in [-0.2, -0.15) is 10.5 Å². The van der Waals surface area contributed by atoms with Crippen LogP contribution in [-0.4, -0.2) is 6.61 Å². The van der Waals surface area contributed by atoms with Gasteiger partial charge < -0.3 is 9.47 Å². The Labute approximate surface area is 150 Å². The quantitative estimate of drug-likeness (QED) is 0.691. The molecule has 0 atom stereocenters. The molecule has 0 aliphatic rings. The van der Waals surface area contributed by atoms with Gasteiger partial charge in [0.1, 0.15) is 30.1 Å². The molecule has 6 heteroatoms. The van der Waals surface area contributed by atoms with Gasteiger partial charge in [-0.05, 0) is 42.8 Å². The Morgan fingerprint density at radius 2 is 1.92 bits per heavy atom. The van der Waals surface area contributed by atoms with Crippen LogP contribution in [0.1, 0.15) is 18.1 Å². The largest absolute Gasteiger partial charge is 0.490 e. The van der Waals surface area contributed by atoms with E-state index in [0.29, 0.717) is 23.7 Å². The fourth-order valence-electron chi connectivity index (χ4n) is 2.08. The molecule has 2 aromatic carbocycles. The van der Waals surface area contributed by atoms with Crippen molar-refractivity contribution in [1.29, 1.82) is 10.5 Å². The molecular formula is C19H14ClFN2O2. The molecule has 0 unspecified atom stereocenters. The maximum absolute atomic E-state index is 13.8. The number of allylic oxidation sites excluding steroid dienone is 1. The standard InChI is InChI=1S/C19H14ClFN2O2/c1-2-24-19-9-13(8-14(10-22)11-23)6-7-18(19)25-12-15-16(20)4-3-5-17(15)21/h3-9H,2,12H2,1H3. The number of ether oxygens (including phenoxy) is 2. The van der Waals surface area contributed by atoms with Crippen molar-refractivity contribution in [3.63, 3.8) is 0 Å². The van der Waals surface area contributed by atoms with Crippen molar-refractivity contribution in [3.05, 3.63) is 63.9 Å². The van der Waals surface area contributed by atoms with Gasteiger partial charge in [-0.25, -0.2) is 4.39 Å². The third-order valence-corrected chi connectivity index (χ3v) is 3.61. The van der Waals surface area contributed by atoms with Crippen molar-refractivity contribution in [2.24, 2.45) is 0 Å². The first kappa shape index (κ1) is 18.3. The van der Waals surface area contributed by atoms with Crippen LogP contribution in [0.3, 0.4) is 0 Å². The highest BCUT2D eigenvalue weighted by molar-refractivity contribution is 6.31. The Balaban J connectivity index is 2.27. The highest BCUT2D eigenvalue weighted by Crippen LogP contribution is 2.31. The Morgan fingerprint density at radius 3 is 2.56 bits per heavy atom. The van der Waals surface area contributed by atoms with E-state index in [1.54, 1.807) is 36.4 Å². The first-order valence-electron chi connectivity index (χ1n) is 7.43. The Bertz CT molecular complexity index is 846. The van der Waals surface area contributed by atoms with Gasteiger partial charge in [0.25, 0.3) is 0 Å². The van der Waals surface area contributed by atoms with Crippen LogP contribution in [0.25, 0.3) is 6.08 Å². The molecule has 0 amide bonds. The third-order valence-electron chi connectivity index (χ3n) is 3.25. The lowest BCUT2D eigenvalue weighted by Gasteiger charge is -2.13. The molecular weight excluding hydrogens is 343 g/mol. The van der Waals surface area contributed by atoms with Gasteiger partial charge in [-0.1, -0.05) is 23.7 Å². The SMILES string of the molecule is CCOc1cc(C=C(C#N)C#N)ccc1OCc1c(F)cccc1Cl. The maximum atomic E-state index is 13.8. The first-order valence-corrected chi connectivity index (χ1v) is 7.81. The van der Waals surface area contributed by atoms with Crippen molar-refractivity contribution >= 4 is 17.7 Å². The molecule has 126 valence electrons. The van der Waals surface area contributed by atoms with E-state index in [4.69, 9.17) is 31.6 Å². The van der Waals surface area contributed by atoms with Crippen LogP contribution in [0.2, 0.25) is 5.02 Å². The van der Waals surface area contributed by atoms with Crippen LogP contribution in [0.4, 0.5) is 4.39 Å². The van der Waals surface area contributed by atoms with Gasteiger partial charge in [0.05, 0.1) is 11.6 Å². The second-order valence-corrected chi connectivity index (χ2v) is 5.32. The predicted octanol–water partition coefficient (Wildman–Crippen LogP) is 4.89. The minimum Gasteiger partial charge on any atom is -0.490 e. The summed E-state index contributed by atoms with van der Waals surface area (Å²) in [6.45, 7) is 2.16. The van der Waals surface area contributed by atoms with Crippen LogP contribution in [0, 0.1) is 28.5 Å². The summed E-state index contributed by atoms with van der Waals surface area (Å²) >= 11 is 5.99. The van der Waals surface area contributed by atoms with Gasteiger partial charge in [-0.15, -0.1) is 0 Å². The average Bonchev–Trinajstić information content (AvgIpc) is 2.61. The van der Waals surface area contributed by atoms with E-state index in [0.717, 1.165) is 0 Å². The molecule has 0 saturated heterocycles. The smallest absolute Gasteiger partial charge is 0.161 e. The molecule has 0 N–H and O–H groups in total. The summed E-state index contributed by atoms with van der Waals surface area (Å²) in [7, 11) is 0. The fraction of sp³-hybridized carbons (Fsp3) is 0.158. The van der Waals surface area contributed by atoms with Gasteiger partial charge in [0.15, 0.2) is 11.5 Å². The molecule has 2 rings (SSSR count).